The molecule has 2 amide bonds. The topological polar surface area (TPSA) is 156 Å². The van der Waals surface area contributed by atoms with E-state index in [0.29, 0.717) is 57.6 Å². The van der Waals surface area contributed by atoms with Crippen molar-refractivity contribution in [2.45, 2.75) is 56.0 Å². The molecule has 13 nitrogen and oxygen atoms in total. The van der Waals surface area contributed by atoms with E-state index in [0.717, 1.165) is 63.2 Å². The van der Waals surface area contributed by atoms with E-state index in [2.05, 4.69) is 86.2 Å². The van der Waals surface area contributed by atoms with E-state index in [9.17, 15) is 9.59 Å². The number of amides is 2. The molecule has 4 aliphatic heterocycles. The lowest BCUT2D eigenvalue weighted by atomic mass is 9.90. The number of benzene rings is 3. The van der Waals surface area contributed by atoms with Crippen LogP contribution in [-0.4, -0.2) is 95.3 Å². The van der Waals surface area contributed by atoms with Gasteiger partial charge in [-0.15, -0.1) is 0 Å². The van der Waals surface area contributed by atoms with Gasteiger partial charge in [0.05, 0.1) is 62.7 Å². The summed E-state index contributed by atoms with van der Waals surface area (Å²) >= 11 is 0. The standard InChI is InChI=1S/C41H45N7O6/c1-51-40(50)47-36(27-12-15-52-16-13-27)39(49)48-24-41(53-17-18-54-41)21-35(48)38-44-23-34(46-38)31-11-10-29-19-28(8-9-30(29)20-31)25-4-6-26(7-5-25)33-22-43-37(45-33)32-3-2-14-42-32/h4-11,19-20,22-23,27,32,35-36,42H,2-3,12-18,21,24H2,1H3,(H,43,45)(H,44,46)(H,47,50)/t32-,35-,36?/m0/s1. The lowest BCUT2D eigenvalue weighted by Crippen LogP contribution is -2.54. The van der Waals surface area contributed by atoms with Crippen LogP contribution in [0, 0.1) is 5.92 Å². The number of nitrogens with one attached hydrogen (secondary N) is 4. The molecule has 4 N–H and O–H groups in total. The Morgan fingerprint density at radius 1 is 0.833 bits per heavy atom. The molecule has 2 aromatic heterocycles. The molecule has 4 aliphatic rings. The lowest BCUT2D eigenvalue weighted by molar-refractivity contribution is -0.154. The highest BCUT2D eigenvalue weighted by Gasteiger charge is 2.53. The SMILES string of the molecule is COC(=O)NC(C(=O)N1CC2(C[C@H]1c1ncc(-c3ccc4cc(-c5ccc(-c6cnc([C@@H]7CCCN7)[nH]6)cc5)ccc4c3)[nH]1)OCCO2)C1CCOCC1. The number of carbonyl (C=O) groups excluding carboxylic acids is 2. The zero-order valence-corrected chi connectivity index (χ0v) is 30.3. The van der Waals surface area contributed by atoms with Crippen LogP contribution in [0.15, 0.2) is 73.1 Å². The van der Waals surface area contributed by atoms with E-state index in [1.54, 1.807) is 4.90 Å². The number of hydrogen-bond acceptors (Lipinski definition) is 9. The Kier molecular flexibility index (Phi) is 9.39. The van der Waals surface area contributed by atoms with Crippen molar-refractivity contribution < 1.29 is 28.5 Å². The van der Waals surface area contributed by atoms with E-state index in [1.165, 1.54) is 13.5 Å². The van der Waals surface area contributed by atoms with Gasteiger partial charge in [-0.2, -0.15) is 0 Å². The first-order valence-electron chi connectivity index (χ1n) is 18.9. The Hall–Kier alpha value is -5.08. The Labute approximate surface area is 313 Å². The molecule has 0 radical (unpaired) electrons. The Morgan fingerprint density at radius 2 is 1.48 bits per heavy atom. The summed E-state index contributed by atoms with van der Waals surface area (Å²) in [7, 11) is 1.30. The van der Waals surface area contributed by atoms with Gasteiger partial charge in [0.25, 0.3) is 0 Å². The van der Waals surface area contributed by atoms with Crippen LogP contribution in [0.5, 0.6) is 0 Å². The third-order valence-corrected chi connectivity index (χ3v) is 11.4. The van der Waals surface area contributed by atoms with Crippen molar-refractivity contribution >= 4 is 22.8 Å². The minimum absolute atomic E-state index is 0.0907. The molecule has 1 unspecified atom stereocenters. The third-order valence-electron chi connectivity index (χ3n) is 11.4. The fourth-order valence-electron chi connectivity index (χ4n) is 8.48. The van der Waals surface area contributed by atoms with Crippen molar-refractivity contribution in [1.82, 2.24) is 35.5 Å². The average Bonchev–Trinajstić information content (AvgIpc) is 4.08. The summed E-state index contributed by atoms with van der Waals surface area (Å²) in [6.45, 7) is 3.25. The minimum atomic E-state index is -0.922. The molecule has 1 spiro atoms. The number of hydrogen-bond donors (Lipinski definition) is 4. The molecule has 54 heavy (non-hydrogen) atoms. The summed E-state index contributed by atoms with van der Waals surface area (Å²) < 4.78 is 22.6. The maximum Gasteiger partial charge on any atom is 0.407 e. The Balaban J connectivity index is 0.938. The molecule has 3 atom stereocenters. The zero-order chi connectivity index (χ0) is 36.6. The van der Waals surface area contributed by atoms with Gasteiger partial charge in [-0.05, 0) is 77.7 Å². The molecule has 0 aliphatic carbocycles. The molecule has 9 rings (SSSR count). The summed E-state index contributed by atoms with van der Waals surface area (Å²) in [5.74, 6) is 0.420. The van der Waals surface area contributed by atoms with Gasteiger partial charge in [0, 0.05) is 25.2 Å². The predicted molar refractivity (Wildman–Crippen MR) is 201 cm³/mol. The number of carbonyl (C=O) groups is 2. The van der Waals surface area contributed by atoms with Crippen LogP contribution in [0.25, 0.3) is 44.4 Å². The highest BCUT2D eigenvalue weighted by Crippen LogP contribution is 2.43. The highest BCUT2D eigenvalue weighted by atomic mass is 16.7. The van der Waals surface area contributed by atoms with Crippen molar-refractivity contribution in [1.29, 1.82) is 0 Å². The smallest absolute Gasteiger partial charge is 0.407 e. The number of likely N-dealkylation sites (tertiary alicyclic amines) is 1. The van der Waals surface area contributed by atoms with Crippen molar-refractivity contribution in [3.63, 3.8) is 0 Å². The number of aromatic nitrogens is 4. The molecule has 5 aromatic rings. The predicted octanol–water partition coefficient (Wildman–Crippen LogP) is 5.88. The molecule has 4 fully saturated rings. The number of alkyl carbamates (subject to hydrolysis) is 1. The van der Waals surface area contributed by atoms with Gasteiger partial charge in [0.1, 0.15) is 17.7 Å². The first-order valence-corrected chi connectivity index (χ1v) is 18.9. The number of fused-ring (bicyclic) bond motifs is 1. The second kappa shape index (κ2) is 14.6. The normalized spacial score (nSPS) is 21.9. The van der Waals surface area contributed by atoms with Gasteiger partial charge < -0.3 is 44.4 Å². The summed E-state index contributed by atoms with van der Waals surface area (Å²) in [5.41, 5.74) is 6.25. The zero-order valence-electron chi connectivity index (χ0n) is 30.3. The highest BCUT2D eigenvalue weighted by molar-refractivity contribution is 5.91. The molecule has 280 valence electrons. The number of methoxy groups -OCH3 is 1. The fourth-order valence-corrected chi connectivity index (χ4v) is 8.48. The molecule has 13 heteroatoms. The molecular formula is C41H45N7O6. The maximum absolute atomic E-state index is 14.4. The number of ether oxygens (including phenoxy) is 4. The second-order valence-corrected chi connectivity index (χ2v) is 14.7. The van der Waals surface area contributed by atoms with Gasteiger partial charge in [0.15, 0.2) is 5.79 Å². The summed E-state index contributed by atoms with van der Waals surface area (Å²) in [4.78, 5) is 45.0. The van der Waals surface area contributed by atoms with Crippen molar-refractivity contribution in [3.05, 3.63) is 84.7 Å². The van der Waals surface area contributed by atoms with Gasteiger partial charge in [-0.25, -0.2) is 14.8 Å². The third kappa shape index (κ3) is 6.77. The van der Waals surface area contributed by atoms with Crippen LogP contribution in [0.2, 0.25) is 0 Å². The first-order chi connectivity index (χ1) is 26.4. The van der Waals surface area contributed by atoms with Crippen LogP contribution < -0.4 is 10.6 Å². The molecule has 0 saturated carbocycles. The van der Waals surface area contributed by atoms with Crippen LogP contribution in [0.3, 0.4) is 0 Å². The van der Waals surface area contributed by atoms with Gasteiger partial charge in [0.2, 0.25) is 5.91 Å². The largest absolute Gasteiger partial charge is 0.453 e. The number of imidazole rings is 2. The number of H-pyrrole nitrogens is 2. The number of aromatic amines is 2. The lowest BCUT2D eigenvalue weighted by Gasteiger charge is -2.34. The molecule has 0 bridgehead atoms. The summed E-state index contributed by atoms with van der Waals surface area (Å²) in [5, 5.41) is 8.56. The van der Waals surface area contributed by atoms with E-state index < -0.39 is 24.0 Å². The summed E-state index contributed by atoms with van der Waals surface area (Å²) in [6.07, 6.45) is 7.12. The molecule has 6 heterocycles. The van der Waals surface area contributed by atoms with Gasteiger partial charge in [-0.1, -0.05) is 48.5 Å². The maximum atomic E-state index is 14.4. The van der Waals surface area contributed by atoms with Crippen LogP contribution in [0.4, 0.5) is 4.79 Å². The van der Waals surface area contributed by atoms with E-state index in [-0.39, 0.29) is 18.4 Å². The molecule has 4 saturated heterocycles. The van der Waals surface area contributed by atoms with Crippen LogP contribution >= 0.6 is 0 Å². The van der Waals surface area contributed by atoms with Crippen molar-refractivity contribution in [3.8, 4) is 33.6 Å². The van der Waals surface area contributed by atoms with E-state index >= 15 is 0 Å². The quantitative estimate of drug-likeness (QED) is 0.153. The molecular weight excluding hydrogens is 686 g/mol. The van der Waals surface area contributed by atoms with E-state index in [1.807, 2.05) is 12.4 Å². The van der Waals surface area contributed by atoms with Crippen LogP contribution in [0.1, 0.15) is 55.8 Å². The summed E-state index contributed by atoms with van der Waals surface area (Å²) in [6, 6.07) is 20.6. The fraction of sp³-hybridized carbons (Fsp3) is 0.415. The van der Waals surface area contributed by atoms with Gasteiger partial charge in [-0.3, -0.25) is 4.79 Å². The van der Waals surface area contributed by atoms with Crippen molar-refractivity contribution in [2.24, 2.45) is 5.92 Å². The Bertz CT molecular complexity index is 2130. The minimum Gasteiger partial charge on any atom is -0.453 e. The monoisotopic (exact) mass is 731 g/mol. The number of rotatable bonds is 8. The average molecular weight is 732 g/mol. The van der Waals surface area contributed by atoms with Crippen LogP contribution in [-0.2, 0) is 23.7 Å². The first kappa shape index (κ1) is 34.7. The van der Waals surface area contributed by atoms with Gasteiger partial charge >= 0.3 is 6.09 Å². The number of nitrogens with zero attached hydrogens (tertiary/aromatic N) is 3. The Morgan fingerprint density at radius 3 is 2.20 bits per heavy atom. The molecule has 3 aromatic carbocycles. The van der Waals surface area contributed by atoms with E-state index in [4.69, 9.17) is 23.9 Å². The van der Waals surface area contributed by atoms with Crippen molar-refractivity contribution in [2.75, 3.05) is 46.6 Å². The second-order valence-electron chi connectivity index (χ2n) is 14.7.